The van der Waals surface area contributed by atoms with Crippen molar-refractivity contribution < 1.29 is 33.0 Å². The molecule has 13 heteroatoms. The van der Waals surface area contributed by atoms with Gasteiger partial charge in [0.25, 0.3) is 5.91 Å². The fourth-order valence-corrected chi connectivity index (χ4v) is 5.23. The van der Waals surface area contributed by atoms with Crippen molar-refractivity contribution in [3.05, 3.63) is 70.1 Å². The van der Waals surface area contributed by atoms with E-state index in [1.807, 2.05) is 0 Å². The predicted molar refractivity (Wildman–Crippen MR) is 150 cm³/mol. The van der Waals surface area contributed by atoms with Crippen LogP contribution >= 0.6 is 11.6 Å². The maximum Gasteiger partial charge on any atom is 0.255 e. The van der Waals surface area contributed by atoms with E-state index in [2.05, 4.69) is 20.6 Å². The number of carbonyl (C=O) groups is 2. The molecule has 1 aromatic heterocycles. The van der Waals surface area contributed by atoms with Crippen molar-refractivity contribution in [3.63, 3.8) is 0 Å². The summed E-state index contributed by atoms with van der Waals surface area (Å²) in [7, 11) is 1.39. The second-order valence-corrected chi connectivity index (χ2v) is 10.6. The zero-order valence-corrected chi connectivity index (χ0v) is 23.7. The molecule has 0 aliphatic carbocycles. The topological polar surface area (TPSA) is 126 Å². The Labute approximate surface area is 246 Å². The maximum absolute atomic E-state index is 14.2. The van der Waals surface area contributed by atoms with Gasteiger partial charge in [0.2, 0.25) is 11.9 Å². The van der Waals surface area contributed by atoms with Crippen LogP contribution in [0, 0.1) is 5.82 Å². The van der Waals surface area contributed by atoms with Gasteiger partial charge >= 0.3 is 0 Å². The molecule has 3 aromatic rings. The number of halogens is 3. The number of ether oxygens (including phenoxy) is 2. The number of rotatable bonds is 9. The largest absolute Gasteiger partial charge is 0.497 e. The SMILES string of the molecule is COc1cc(F)cc([C@@H](CO)NC(=O)[C@@H](C)N2Cc3ccc(-c4nc(NC5CCOCC5F)ncc4Cl)cc3C2=O)c1. The monoisotopic (exact) mass is 601 g/mol. The average Bonchev–Trinajstić information content (AvgIpc) is 3.32. The molecule has 0 radical (unpaired) electrons. The zero-order chi connectivity index (χ0) is 30.0. The number of aliphatic hydroxyl groups excluding tert-OH is 1. The summed E-state index contributed by atoms with van der Waals surface area (Å²) in [6.45, 7) is 1.71. The van der Waals surface area contributed by atoms with E-state index in [0.29, 0.717) is 41.0 Å². The number of benzene rings is 2. The van der Waals surface area contributed by atoms with E-state index in [1.54, 1.807) is 25.1 Å². The normalized spacial score (nSPS) is 19.7. The van der Waals surface area contributed by atoms with Crippen molar-refractivity contribution in [1.82, 2.24) is 20.2 Å². The molecule has 2 unspecified atom stereocenters. The van der Waals surface area contributed by atoms with E-state index in [1.165, 1.54) is 36.4 Å². The van der Waals surface area contributed by atoms with Crippen LogP contribution in [0.15, 0.2) is 42.6 Å². The van der Waals surface area contributed by atoms with Gasteiger partial charge in [-0.3, -0.25) is 9.59 Å². The van der Waals surface area contributed by atoms with Crippen molar-refractivity contribution in [3.8, 4) is 17.0 Å². The first kappa shape index (κ1) is 29.6. The molecule has 3 N–H and O–H groups in total. The molecule has 2 aromatic carbocycles. The Morgan fingerprint density at radius 1 is 1.31 bits per heavy atom. The molecule has 1 fully saturated rings. The van der Waals surface area contributed by atoms with Gasteiger partial charge in [-0.2, -0.15) is 0 Å². The van der Waals surface area contributed by atoms with E-state index < -0.39 is 42.6 Å². The third kappa shape index (κ3) is 6.15. The lowest BCUT2D eigenvalue weighted by Crippen LogP contribution is -2.46. The highest BCUT2D eigenvalue weighted by atomic mass is 35.5. The summed E-state index contributed by atoms with van der Waals surface area (Å²) in [4.78, 5) is 36.6. The van der Waals surface area contributed by atoms with Crippen LogP contribution in [0.4, 0.5) is 14.7 Å². The van der Waals surface area contributed by atoms with Crippen LogP contribution in [0.5, 0.6) is 5.75 Å². The molecule has 2 aliphatic heterocycles. The van der Waals surface area contributed by atoms with E-state index in [-0.39, 0.29) is 35.8 Å². The van der Waals surface area contributed by atoms with Gasteiger partial charge in [0.1, 0.15) is 23.8 Å². The van der Waals surface area contributed by atoms with Crippen LogP contribution in [-0.2, 0) is 16.1 Å². The molecule has 2 amide bonds. The Kier molecular flexibility index (Phi) is 8.85. The lowest BCUT2D eigenvalue weighted by atomic mass is 10.0. The number of aliphatic hydroxyl groups is 1. The number of nitrogens with zero attached hydrogens (tertiary/aromatic N) is 3. The first-order chi connectivity index (χ1) is 20.2. The predicted octanol–water partition coefficient (Wildman–Crippen LogP) is 3.68. The van der Waals surface area contributed by atoms with Crippen molar-refractivity contribution in [2.75, 3.05) is 32.2 Å². The van der Waals surface area contributed by atoms with Crippen LogP contribution in [0.2, 0.25) is 5.02 Å². The number of fused-ring (bicyclic) bond motifs is 1. The molecule has 3 heterocycles. The Bertz CT molecular complexity index is 1490. The maximum atomic E-state index is 14.2. The van der Waals surface area contributed by atoms with Gasteiger partial charge < -0.3 is 30.1 Å². The van der Waals surface area contributed by atoms with Gasteiger partial charge in [-0.1, -0.05) is 23.7 Å². The molecule has 0 spiro atoms. The standard InChI is InChI=1S/C29H30ClF2N5O5/c1-15(27(39)34-25(13-38)18-7-19(31)10-20(8-18)41-2)37-12-17-4-3-16(9-21(17)28(37)40)26-22(30)11-33-29(36-26)35-24-5-6-42-14-23(24)32/h3-4,7-11,15,23-25,38H,5-6,12-14H2,1-2H3,(H,34,39)(H,33,35,36)/t15-,23?,24?,25-/m1/s1. The minimum atomic E-state index is -1.20. The molecule has 5 rings (SSSR count). The summed E-state index contributed by atoms with van der Waals surface area (Å²) in [6.07, 6.45) is 0.680. The van der Waals surface area contributed by atoms with Crippen LogP contribution in [-0.4, -0.2) is 77.0 Å². The third-order valence-corrected chi connectivity index (χ3v) is 7.72. The van der Waals surface area contributed by atoms with Crippen LogP contribution < -0.4 is 15.4 Å². The second-order valence-electron chi connectivity index (χ2n) is 10.2. The van der Waals surface area contributed by atoms with Gasteiger partial charge in [-0.05, 0) is 42.7 Å². The summed E-state index contributed by atoms with van der Waals surface area (Å²) in [5, 5.41) is 15.9. The van der Waals surface area contributed by atoms with Crippen LogP contribution in [0.3, 0.4) is 0 Å². The minimum absolute atomic E-state index is 0.00178. The quantitative estimate of drug-likeness (QED) is 0.339. The fraction of sp³-hybridized carbons (Fsp3) is 0.379. The van der Waals surface area contributed by atoms with Gasteiger partial charge in [0.15, 0.2) is 0 Å². The van der Waals surface area contributed by atoms with Crippen molar-refractivity contribution in [1.29, 1.82) is 0 Å². The second kappa shape index (κ2) is 12.6. The molecule has 1 saturated heterocycles. The Morgan fingerprint density at radius 2 is 2.12 bits per heavy atom. The highest BCUT2D eigenvalue weighted by Crippen LogP contribution is 2.33. The van der Waals surface area contributed by atoms with Crippen LogP contribution in [0.25, 0.3) is 11.3 Å². The third-order valence-electron chi connectivity index (χ3n) is 7.44. The number of nitrogens with one attached hydrogen (secondary N) is 2. The van der Waals surface area contributed by atoms with E-state index in [0.717, 1.165) is 0 Å². The van der Waals surface area contributed by atoms with Crippen molar-refractivity contribution >= 4 is 29.4 Å². The number of alkyl halides is 1. The lowest BCUT2D eigenvalue weighted by Gasteiger charge is -2.26. The smallest absolute Gasteiger partial charge is 0.255 e. The van der Waals surface area contributed by atoms with Gasteiger partial charge in [0.05, 0.1) is 49.3 Å². The molecular weight excluding hydrogens is 572 g/mol. The highest BCUT2D eigenvalue weighted by Gasteiger charge is 2.35. The summed E-state index contributed by atoms with van der Waals surface area (Å²) in [5.74, 6) is -1.01. The van der Waals surface area contributed by atoms with Gasteiger partial charge in [-0.15, -0.1) is 0 Å². The molecular formula is C29H30ClF2N5O5. The van der Waals surface area contributed by atoms with E-state index in [4.69, 9.17) is 21.1 Å². The van der Waals surface area contributed by atoms with Gasteiger partial charge in [0, 0.05) is 30.3 Å². The van der Waals surface area contributed by atoms with Gasteiger partial charge in [-0.25, -0.2) is 18.7 Å². The molecule has 10 nitrogen and oxygen atoms in total. The summed E-state index contributed by atoms with van der Waals surface area (Å²) in [5.41, 5.74) is 2.35. The lowest BCUT2D eigenvalue weighted by molar-refractivity contribution is -0.126. The molecule has 0 bridgehead atoms. The molecule has 2 aliphatic rings. The van der Waals surface area contributed by atoms with Crippen LogP contribution in [0.1, 0.15) is 40.9 Å². The molecule has 4 atom stereocenters. The van der Waals surface area contributed by atoms with E-state index >= 15 is 0 Å². The Balaban J connectivity index is 1.31. The number of aromatic nitrogens is 2. The highest BCUT2D eigenvalue weighted by molar-refractivity contribution is 6.33. The number of hydrogen-bond acceptors (Lipinski definition) is 8. The van der Waals surface area contributed by atoms with E-state index in [9.17, 15) is 23.5 Å². The van der Waals surface area contributed by atoms with Crippen molar-refractivity contribution in [2.24, 2.45) is 0 Å². The summed E-state index contributed by atoms with van der Waals surface area (Å²) < 4.78 is 38.5. The Hall–Kier alpha value is -3.87. The number of carbonyl (C=O) groups excluding carboxylic acids is 2. The summed E-state index contributed by atoms with van der Waals surface area (Å²) >= 11 is 6.40. The molecule has 222 valence electrons. The molecule has 0 saturated carbocycles. The molecule has 42 heavy (non-hydrogen) atoms. The Morgan fingerprint density at radius 3 is 2.86 bits per heavy atom. The first-order valence-corrected chi connectivity index (χ1v) is 13.8. The van der Waals surface area contributed by atoms with Crippen molar-refractivity contribution in [2.45, 2.75) is 44.2 Å². The first-order valence-electron chi connectivity index (χ1n) is 13.4. The number of hydrogen-bond donors (Lipinski definition) is 3. The number of methoxy groups -OCH3 is 1. The zero-order valence-electron chi connectivity index (χ0n) is 22.9. The number of amides is 2. The average molecular weight is 602 g/mol. The fourth-order valence-electron chi connectivity index (χ4n) is 5.03. The number of anilines is 1. The minimum Gasteiger partial charge on any atom is -0.497 e. The summed E-state index contributed by atoms with van der Waals surface area (Å²) in [6, 6.07) is 6.79.